The van der Waals surface area contributed by atoms with Gasteiger partial charge in [-0.3, -0.25) is 9.78 Å². The molecule has 1 aliphatic heterocycles. The number of benzene rings is 1. The van der Waals surface area contributed by atoms with Gasteiger partial charge in [-0.25, -0.2) is 9.37 Å². The molecule has 1 saturated heterocycles. The molecule has 0 aliphatic carbocycles. The topological polar surface area (TPSA) is 94.2 Å². The highest BCUT2D eigenvalue weighted by Gasteiger charge is 2.32. The van der Waals surface area contributed by atoms with Gasteiger partial charge in [0.15, 0.2) is 6.61 Å². The van der Waals surface area contributed by atoms with Crippen LogP contribution in [0.15, 0.2) is 47.3 Å². The molecule has 0 radical (unpaired) electrons. The number of rotatable bonds is 5. The third-order valence-corrected chi connectivity index (χ3v) is 4.51. The zero-order chi connectivity index (χ0) is 19.3. The van der Waals surface area contributed by atoms with Gasteiger partial charge in [-0.15, -0.1) is 10.2 Å². The van der Waals surface area contributed by atoms with Gasteiger partial charge in [0.25, 0.3) is 11.8 Å². The minimum Gasteiger partial charge on any atom is -0.484 e. The third-order valence-electron chi connectivity index (χ3n) is 4.51. The number of likely N-dealkylation sites (tertiary alicyclic amines) is 1. The number of piperidine rings is 1. The number of amides is 1. The maximum Gasteiger partial charge on any atom is 0.267 e. The van der Waals surface area contributed by atoms with Gasteiger partial charge in [-0.2, -0.15) is 0 Å². The first-order chi connectivity index (χ1) is 13.7. The molecule has 1 atom stereocenters. The van der Waals surface area contributed by atoms with E-state index in [-0.39, 0.29) is 30.3 Å². The number of hydrogen-bond acceptors (Lipinski definition) is 7. The lowest BCUT2D eigenvalue weighted by Gasteiger charge is -2.33. The number of ether oxygens (including phenoxy) is 1. The predicted octanol–water partition coefficient (Wildman–Crippen LogP) is 2.80. The molecule has 28 heavy (non-hydrogen) atoms. The molecule has 1 amide bonds. The van der Waals surface area contributed by atoms with Crippen molar-refractivity contribution in [1.82, 2.24) is 25.1 Å². The Morgan fingerprint density at radius 1 is 1.21 bits per heavy atom. The van der Waals surface area contributed by atoms with Gasteiger partial charge in [-0.1, -0.05) is 0 Å². The molecule has 3 aromatic rings. The molecule has 1 aliphatic rings. The summed E-state index contributed by atoms with van der Waals surface area (Å²) in [6.45, 7) is 0.437. The molecule has 3 heterocycles. The van der Waals surface area contributed by atoms with Gasteiger partial charge in [0.1, 0.15) is 23.3 Å². The molecule has 1 fully saturated rings. The molecule has 0 N–H and O–H groups in total. The lowest BCUT2D eigenvalue weighted by atomic mass is 10.0. The maximum absolute atomic E-state index is 13.0. The Hall–Kier alpha value is -3.36. The summed E-state index contributed by atoms with van der Waals surface area (Å²) in [7, 11) is 0. The Bertz CT molecular complexity index is 932. The number of halogens is 1. The van der Waals surface area contributed by atoms with E-state index in [1.165, 1.54) is 30.5 Å². The fraction of sp³-hybridized carbons (Fsp3) is 0.316. The van der Waals surface area contributed by atoms with Crippen molar-refractivity contribution in [1.29, 1.82) is 0 Å². The molecular weight excluding hydrogens is 365 g/mol. The fourth-order valence-electron chi connectivity index (χ4n) is 3.13. The minimum absolute atomic E-state index is 0.146. The van der Waals surface area contributed by atoms with Gasteiger partial charge in [0.05, 0.1) is 6.20 Å². The quantitative estimate of drug-likeness (QED) is 0.669. The maximum atomic E-state index is 13.0. The van der Waals surface area contributed by atoms with Crippen LogP contribution in [0.2, 0.25) is 0 Å². The Morgan fingerprint density at radius 3 is 2.86 bits per heavy atom. The van der Waals surface area contributed by atoms with Crippen LogP contribution in [0.3, 0.4) is 0 Å². The van der Waals surface area contributed by atoms with E-state index < -0.39 is 0 Å². The van der Waals surface area contributed by atoms with Crippen molar-refractivity contribution in [3.05, 3.63) is 54.6 Å². The van der Waals surface area contributed by atoms with E-state index in [0.29, 0.717) is 23.9 Å². The van der Waals surface area contributed by atoms with Crippen LogP contribution < -0.4 is 4.74 Å². The monoisotopic (exact) mass is 383 g/mol. The molecule has 9 heteroatoms. The number of carbonyl (C=O) groups is 1. The minimum atomic E-state index is -0.356. The highest BCUT2D eigenvalue weighted by Crippen LogP contribution is 2.31. The van der Waals surface area contributed by atoms with E-state index in [2.05, 4.69) is 20.2 Å². The SMILES string of the molecule is O=C(COc1ccc(F)cc1)N1CCCCC1c1nnc(-c2cnccn2)o1. The van der Waals surface area contributed by atoms with Gasteiger partial charge < -0.3 is 14.1 Å². The van der Waals surface area contributed by atoms with Gasteiger partial charge in [0.2, 0.25) is 5.89 Å². The largest absolute Gasteiger partial charge is 0.484 e. The molecule has 1 unspecified atom stereocenters. The Balaban J connectivity index is 1.46. The van der Waals surface area contributed by atoms with E-state index in [4.69, 9.17) is 9.15 Å². The van der Waals surface area contributed by atoms with E-state index in [9.17, 15) is 9.18 Å². The number of aromatic nitrogens is 4. The van der Waals surface area contributed by atoms with Crippen molar-refractivity contribution in [2.24, 2.45) is 0 Å². The van der Waals surface area contributed by atoms with E-state index >= 15 is 0 Å². The van der Waals surface area contributed by atoms with Crippen LogP contribution in [0.1, 0.15) is 31.2 Å². The van der Waals surface area contributed by atoms with Crippen LogP contribution in [0.4, 0.5) is 4.39 Å². The molecule has 2 aromatic heterocycles. The summed E-state index contributed by atoms with van der Waals surface area (Å²) in [5.74, 6) is 0.531. The van der Waals surface area contributed by atoms with Crippen LogP contribution in [-0.4, -0.2) is 44.1 Å². The summed E-state index contributed by atoms with van der Waals surface area (Å²) in [5.41, 5.74) is 0.481. The molecule has 144 valence electrons. The summed E-state index contributed by atoms with van der Waals surface area (Å²) >= 11 is 0. The first kappa shape index (κ1) is 18.0. The lowest BCUT2D eigenvalue weighted by molar-refractivity contribution is -0.137. The first-order valence-corrected chi connectivity index (χ1v) is 8.98. The molecule has 1 aromatic carbocycles. The van der Waals surface area contributed by atoms with Crippen LogP contribution in [0.5, 0.6) is 5.75 Å². The van der Waals surface area contributed by atoms with Crippen molar-refractivity contribution < 1.29 is 18.3 Å². The molecule has 0 spiro atoms. The molecule has 0 bridgehead atoms. The number of hydrogen-bond donors (Lipinski definition) is 0. The zero-order valence-electron chi connectivity index (χ0n) is 15.0. The van der Waals surface area contributed by atoms with Crippen LogP contribution in [0.25, 0.3) is 11.6 Å². The highest BCUT2D eigenvalue weighted by molar-refractivity contribution is 5.78. The zero-order valence-corrected chi connectivity index (χ0v) is 15.0. The van der Waals surface area contributed by atoms with Crippen molar-refractivity contribution in [3.8, 4) is 17.3 Å². The van der Waals surface area contributed by atoms with E-state index in [0.717, 1.165) is 19.3 Å². The number of nitrogens with zero attached hydrogens (tertiary/aromatic N) is 5. The van der Waals surface area contributed by atoms with Gasteiger partial charge in [-0.05, 0) is 43.5 Å². The molecule has 8 nitrogen and oxygen atoms in total. The van der Waals surface area contributed by atoms with Crippen LogP contribution in [-0.2, 0) is 4.79 Å². The summed E-state index contributed by atoms with van der Waals surface area (Å²) in [5, 5.41) is 8.15. The highest BCUT2D eigenvalue weighted by atomic mass is 19.1. The third kappa shape index (κ3) is 3.98. The second-order valence-electron chi connectivity index (χ2n) is 6.38. The predicted molar refractivity (Wildman–Crippen MR) is 95.5 cm³/mol. The van der Waals surface area contributed by atoms with E-state index in [1.807, 2.05) is 0 Å². The Morgan fingerprint density at radius 2 is 2.07 bits per heavy atom. The van der Waals surface area contributed by atoms with Crippen LogP contribution >= 0.6 is 0 Å². The van der Waals surface area contributed by atoms with Gasteiger partial charge >= 0.3 is 0 Å². The standard InChI is InChI=1S/C19H18FN5O3/c20-13-4-6-14(7-5-13)27-12-17(26)25-10-2-1-3-16(25)19-24-23-18(28-19)15-11-21-8-9-22-15/h4-9,11,16H,1-3,10,12H2. The Kier molecular flexibility index (Phi) is 5.22. The van der Waals surface area contributed by atoms with Crippen molar-refractivity contribution in [2.45, 2.75) is 25.3 Å². The average Bonchev–Trinajstić information content (AvgIpc) is 3.24. The fourth-order valence-corrected chi connectivity index (χ4v) is 3.13. The normalized spacial score (nSPS) is 16.8. The summed E-state index contributed by atoms with van der Waals surface area (Å²) in [6, 6.07) is 5.24. The summed E-state index contributed by atoms with van der Waals surface area (Å²) < 4.78 is 24.2. The smallest absolute Gasteiger partial charge is 0.267 e. The van der Waals surface area contributed by atoms with Crippen molar-refractivity contribution in [3.63, 3.8) is 0 Å². The second kappa shape index (κ2) is 8.12. The number of carbonyl (C=O) groups excluding carboxylic acids is 1. The summed E-state index contributed by atoms with van der Waals surface area (Å²) in [6.07, 6.45) is 7.22. The van der Waals surface area contributed by atoms with Crippen LogP contribution in [0, 0.1) is 5.82 Å². The Labute approximate surface area is 160 Å². The first-order valence-electron chi connectivity index (χ1n) is 8.98. The van der Waals surface area contributed by atoms with Crippen molar-refractivity contribution >= 4 is 5.91 Å². The lowest BCUT2D eigenvalue weighted by Crippen LogP contribution is -2.41. The van der Waals surface area contributed by atoms with E-state index in [1.54, 1.807) is 17.3 Å². The van der Waals surface area contributed by atoms with Gasteiger partial charge in [0, 0.05) is 18.9 Å². The average molecular weight is 383 g/mol. The van der Waals surface area contributed by atoms with Crippen molar-refractivity contribution in [2.75, 3.05) is 13.2 Å². The molecule has 0 saturated carbocycles. The molecule has 4 rings (SSSR count). The second-order valence-corrected chi connectivity index (χ2v) is 6.38. The summed E-state index contributed by atoms with van der Waals surface area (Å²) in [4.78, 5) is 22.5. The molecular formula is C19H18FN5O3.